The van der Waals surface area contributed by atoms with Gasteiger partial charge in [-0.25, -0.2) is 0 Å². The van der Waals surface area contributed by atoms with Crippen molar-refractivity contribution in [1.29, 1.82) is 0 Å². The summed E-state index contributed by atoms with van der Waals surface area (Å²) >= 11 is 5.85. The molecule has 4 heteroatoms. The Labute approximate surface area is 124 Å². The van der Waals surface area contributed by atoms with Crippen LogP contribution in [0, 0.1) is 0 Å². The zero-order chi connectivity index (χ0) is 14.5. The summed E-state index contributed by atoms with van der Waals surface area (Å²) in [6.07, 6.45) is 1.25. The summed E-state index contributed by atoms with van der Waals surface area (Å²) in [5, 5.41) is 10.9. The van der Waals surface area contributed by atoms with Gasteiger partial charge in [-0.1, -0.05) is 29.8 Å². The lowest BCUT2D eigenvalue weighted by Crippen LogP contribution is -2.28. The summed E-state index contributed by atoms with van der Waals surface area (Å²) in [5.41, 5.74) is 1.87. The first-order valence-electron chi connectivity index (χ1n) is 6.62. The molecule has 1 N–H and O–H groups in total. The Balaban J connectivity index is 2.00. The summed E-state index contributed by atoms with van der Waals surface area (Å²) in [6, 6.07) is 13.3. The minimum Gasteiger partial charge on any atom is -0.387 e. The molecule has 106 valence electrons. The van der Waals surface area contributed by atoms with Crippen LogP contribution in [0.2, 0.25) is 5.02 Å². The van der Waals surface area contributed by atoms with Crippen LogP contribution < -0.4 is 0 Å². The second-order valence-corrected chi connectivity index (χ2v) is 5.37. The third-order valence-electron chi connectivity index (χ3n) is 3.49. The smallest absolute Gasteiger partial charge is 0.0917 e. The Hall–Kier alpha value is -1.42. The number of hydrogen-bond acceptors (Lipinski definition) is 3. The lowest BCUT2D eigenvalue weighted by atomic mass is 10.1. The number of nitrogens with zero attached hydrogens (tertiary/aromatic N) is 2. The lowest BCUT2D eigenvalue weighted by Gasteiger charge is -2.26. The van der Waals surface area contributed by atoms with E-state index in [2.05, 4.69) is 16.8 Å². The van der Waals surface area contributed by atoms with Gasteiger partial charge in [0.1, 0.15) is 0 Å². The highest BCUT2D eigenvalue weighted by Crippen LogP contribution is 2.21. The summed E-state index contributed by atoms with van der Waals surface area (Å²) in [5.74, 6) is 0. The first-order valence-corrected chi connectivity index (χ1v) is 7.00. The van der Waals surface area contributed by atoms with Crippen molar-refractivity contribution in [2.45, 2.75) is 19.1 Å². The summed E-state index contributed by atoms with van der Waals surface area (Å²) in [4.78, 5) is 6.44. The molecule has 0 radical (unpaired) electrons. The van der Waals surface area contributed by atoms with Gasteiger partial charge in [0.2, 0.25) is 0 Å². The van der Waals surface area contributed by atoms with Gasteiger partial charge in [-0.15, -0.1) is 0 Å². The van der Waals surface area contributed by atoms with Crippen LogP contribution in [0.5, 0.6) is 0 Å². The van der Waals surface area contributed by atoms with Gasteiger partial charge in [-0.3, -0.25) is 9.88 Å². The molecule has 0 aliphatic rings. The van der Waals surface area contributed by atoms with Crippen LogP contribution in [0.4, 0.5) is 0 Å². The van der Waals surface area contributed by atoms with Crippen LogP contribution in [-0.2, 0) is 0 Å². The number of pyridine rings is 1. The quantitative estimate of drug-likeness (QED) is 0.916. The average molecular weight is 291 g/mol. The van der Waals surface area contributed by atoms with E-state index in [0.717, 1.165) is 11.3 Å². The van der Waals surface area contributed by atoms with Crippen molar-refractivity contribution in [2.24, 2.45) is 0 Å². The standard InChI is InChI=1S/C16H19ClN2O/c1-12(15-5-3-4-10-18-15)19(2)11-16(20)13-6-8-14(17)9-7-13/h3-10,12,16,20H,11H2,1-2H3. The predicted molar refractivity (Wildman–Crippen MR) is 81.7 cm³/mol. The van der Waals surface area contributed by atoms with Gasteiger partial charge >= 0.3 is 0 Å². The number of benzene rings is 1. The van der Waals surface area contributed by atoms with E-state index in [4.69, 9.17) is 11.6 Å². The van der Waals surface area contributed by atoms with E-state index in [9.17, 15) is 5.11 Å². The fraction of sp³-hybridized carbons (Fsp3) is 0.312. The molecule has 1 aromatic carbocycles. The highest BCUT2D eigenvalue weighted by molar-refractivity contribution is 6.30. The molecule has 0 aliphatic carbocycles. The van der Waals surface area contributed by atoms with Crippen molar-refractivity contribution in [3.05, 3.63) is 64.9 Å². The summed E-state index contributed by atoms with van der Waals surface area (Å²) in [7, 11) is 1.98. The topological polar surface area (TPSA) is 36.4 Å². The minimum absolute atomic E-state index is 0.151. The van der Waals surface area contributed by atoms with Crippen LogP contribution in [0.15, 0.2) is 48.7 Å². The van der Waals surface area contributed by atoms with E-state index >= 15 is 0 Å². The highest BCUT2D eigenvalue weighted by atomic mass is 35.5. The summed E-state index contributed by atoms with van der Waals surface area (Å²) < 4.78 is 0. The molecule has 3 nitrogen and oxygen atoms in total. The number of aliphatic hydroxyl groups excluding tert-OH is 1. The number of aliphatic hydroxyl groups is 1. The second-order valence-electron chi connectivity index (χ2n) is 4.94. The maximum Gasteiger partial charge on any atom is 0.0917 e. The van der Waals surface area contributed by atoms with Crippen LogP contribution >= 0.6 is 11.6 Å². The molecular formula is C16H19ClN2O. The van der Waals surface area contributed by atoms with Crippen molar-refractivity contribution in [1.82, 2.24) is 9.88 Å². The average Bonchev–Trinajstić information content (AvgIpc) is 2.48. The fourth-order valence-electron chi connectivity index (χ4n) is 2.07. The molecular weight excluding hydrogens is 272 g/mol. The molecule has 1 heterocycles. The first-order chi connectivity index (χ1) is 9.58. The second kappa shape index (κ2) is 6.84. The molecule has 0 aliphatic heterocycles. The Morgan fingerprint density at radius 1 is 1.20 bits per heavy atom. The SMILES string of the molecule is CC(c1ccccn1)N(C)CC(O)c1ccc(Cl)cc1. The number of rotatable bonds is 5. The van der Waals surface area contributed by atoms with Crippen LogP contribution in [0.1, 0.15) is 30.3 Å². The molecule has 0 spiro atoms. The van der Waals surface area contributed by atoms with Crippen LogP contribution in [0.25, 0.3) is 0 Å². The molecule has 0 fully saturated rings. The first kappa shape index (κ1) is 15.0. The number of aromatic nitrogens is 1. The maximum atomic E-state index is 10.3. The predicted octanol–water partition coefficient (Wildman–Crippen LogP) is 3.46. The molecule has 1 aromatic heterocycles. The molecule has 0 bridgehead atoms. The fourth-order valence-corrected chi connectivity index (χ4v) is 2.20. The van der Waals surface area contributed by atoms with E-state index in [-0.39, 0.29) is 6.04 Å². The molecule has 2 atom stereocenters. The molecule has 0 saturated heterocycles. The Kier molecular flexibility index (Phi) is 5.12. The Bertz CT molecular complexity index is 530. The van der Waals surface area contributed by atoms with E-state index in [0.29, 0.717) is 11.6 Å². The van der Waals surface area contributed by atoms with Crippen molar-refractivity contribution < 1.29 is 5.11 Å². The molecule has 2 unspecified atom stereocenters. The molecule has 2 rings (SSSR count). The van der Waals surface area contributed by atoms with Crippen molar-refractivity contribution in [3.63, 3.8) is 0 Å². The van der Waals surface area contributed by atoms with Gasteiger partial charge in [-0.2, -0.15) is 0 Å². The Morgan fingerprint density at radius 3 is 2.50 bits per heavy atom. The molecule has 0 amide bonds. The van der Waals surface area contributed by atoms with E-state index in [1.54, 1.807) is 18.3 Å². The minimum atomic E-state index is -0.538. The maximum absolute atomic E-state index is 10.3. The van der Waals surface area contributed by atoms with Crippen LogP contribution in [-0.4, -0.2) is 28.6 Å². The monoisotopic (exact) mass is 290 g/mol. The number of likely N-dealkylation sites (N-methyl/N-ethyl adjacent to an activating group) is 1. The highest BCUT2D eigenvalue weighted by Gasteiger charge is 2.17. The van der Waals surface area contributed by atoms with Gasteiger partial charge in [0.15, 0.2) is 0 Å². The molecule has 2 aromatic rings. The van der Waals surface area contributed by atoms with Crippen molar-refractivity contribution >= 4 is 11.6 Å². The van der Waals surface area contributed by atoms with Crippen molar-refractivity contribution in [2.75, 3.05) is 13.6 Å². The zero-order valence-corrected chi connectivity index (χ0v) is 12.5. The largest absolute Gasteiger partial charge is 0.387 e. The zero-order valence-electron chi connectivity index (χ0n) is 11.7. The van der Waals surface area contributed by atoms with E-state index < -0.39 is 6.10 Å². The van der Waals surface area contributed by atoms with Crippen LogP contribution in [0.3, 0.4) is 0 Å². The van der Waals surface area contributed by atoms with Gasteiger partial charge in [0.05, 0.1) is 11.8 Å². The van der Waals surface area contributed by atoms with Gasteiger partial charge in [-0.05, 0) is 43.8 Å². The third kappa shape index (κ3) is 3.79. The van der Waals surface area contributed by atoms with Gasteiger partial charge < -0.3 is 5.11 Å². The number of halogens is 1. The van der Waals surface area contributed by atoms with Gasteiger partial charge in [0, 0.05) is 23.8 Å². The number of hydrogen-bond donors (Lipinski definition) is 1. The normalized spacial score (nSPS) is 14.2. The third-order valence-corrected chi connectivity index (χ3v) is 3.74. The van der Waals surface area contributed by atoms with E-state index in [1.165, 1.54) is 0 Å². The molecule has 0 saturated carbocycles. The van der Waals surface area contributed by atoms with E-state index in [1.807, 2.05) is 37.4 Å². The van der Waals surface area contributed by atoms with Crippen molar-refractivity contribution in [3.8, 4) is 0 Å². The van der Waals surface area contributed by atoms with Gasteiger partial charge in [0.25, 0.3) is 0 Å². The summed E-state index contributed by atoms with van der Waals surface area (Å²) in [6.45, 7) is 2.62. The molecule has 20 heavy (non-hydrogen) atoms. The Morgan fingerprint density at radius 2 is 1.90 bits per heavy atom. The lowest BCUT2D eigenvalue weighted by molar-refractivity contribution is 0.107.